The molecule has 3 aliphatic rings. The Balaban J connectivity index is 1.66. The lowest BCUT2D eigenvalue weighted by Crippen LogP contribution is -2.41. The van der Waals surface area contributed by atoms with Crippen molar-refractivity contribution in [2.24, 2.45) is 16.8 Å². The van der Waals surface area contributed by atoms with Crippen LogP contribution in [-0.2, 0) is 4.74 Å². The Hall–Kier alpha value is -1.03. The summed E-state index contributed by atoms with van der Waals surface area (Å²) in [6.07, 6.45) is 5.44. The number of hydrogen-bond donors (Lipinski definition) is 1. The fourth-order valence-electron chi connectivity index (χ4n) is 3.63. The maximum Gasteiger partial charge on any atom is 0.193 e. The second-order valence-electron chi connectivity index (χ2n) is 5.24. The van der Waals surface area contributed by atoms with E-state index in [0.717, 1.165) is 37.4 Å². The Morgan fingerprint density at radius 1 is 1.41 bits per heavy atom. The first-order valence-corrected chi connectivity index (χ1v) is 6.55. The van der Waals surface area contributed by atoms with Crippen LogP contribution in [0.5, 0.6) is 0 Å². The van der Waals surface area contributed by atoms with Gasteiger partial charge in [-0.15, -0.1) is 6.58 Å². The molecule has 4 atom stereocenters. The SMILES string of the molecule is C=CCNC(=NC)N1CC2C3CCC(O3)C2C1. The molecule has 1 N–H and O–H groups in total. The quantitative estimate of drug-likeness (QED) is 0.438. The number of likely N-dealkylation sites (tertiary alicyclic amines) is 1. The molecule has 17 heavy (non-hydrogen) atoms. The third-order valence-electron chi connectivity index (χ3n) is 4.37. The summed E-state index contributed by atoms with van der Waals surface area (Å²) in [6.45, 7) is 6.71. The Bertz CT molecular complexity index is 324. The molecule has 0 aromatic rings. The maximum absolute atomic E-state index is 5.98. The summed E-state index contributed by atoms with van der Waals surface area (Å²) in [6, 6.07) is 0. The van der Waals surface area contributed by atoms with Crippen LogP contribution in [0.3, 0.4) is 0 Å². The van der Waals surface area contributed by atoms with Crippen molar-refractivity contribution < 1.29 is 4.74 Å². The van der Waals surface area contributed by atoms with Crippen LogP contribution in [-0.4, -0.2) is 49.7 Å². The molecule has 3 saturated heterocycles. The van der Waals surface area contributed by atoms with E-state index < -0.39 is 0 Å². The first-order valence-electron chi connectivity index (χ1n) is 6.55. The van der Waals surface area contributed by atoms with E-state index in [4.69, 9.17) is 4.74 Å². The molecule has 0 aromatic heterocycles. The highest BCUT2D eigenvalue weighted by Gasteiger charge is 2.53. The molecule has 3 fully saturated rings. The van der Waals surface area contributed by atoms with Crippen LogP contribution in [0, 0.1) is 11.8 Å². The first-order chi connectivity index (χ1) is 8.33. The summed E-state index contributed by atoms with van der Waals surface area (Å²) < 4.78 is 5.98. The molecule has 0 amide bonds. The zero-order chi connectivity index (χ0) is 11.8. The van der Waals surface area contributed by atoms with E-state index in [0.29, 0.717) is 12.2 Å². The van der Waals surface area contributed by atoms with E-state index in [1.165, 1.54) is 12.8 Å². The molecule has 2 bridgehead atoms. The van der Waals surface area contributed by atoms with Gasteiger partial charge in [0.15, 0.2) is 5.96 Å². The number of hydrogen-bond acceptors (Lipinski definition) is 2. The summed E-state index contributed by atoms with van der Waals surface area (Å²) in [4.78, 5) is 6.73. The second kappa shape index (κ2) is 4.33. The van der Waals surface area contributed by atoms with Crippen molar-refractivity contribution in [3.05, 3.63) is 12.7 Å². The van der Waals surface area contributed by atoms with Gasteiger partial charge in [-0.2, -0.15) is 0 Å². The molecule has 3 rings (SSSR count). The van der Waals surface area contributed by atoms with Crippen molar-refractivity contribution in [1.82, 2.24) is 10.2 Å². The zero-order valence-electron chi connectivity index (χ0n) is 10.4. The predicted molar refractivity (Wildman–Crippen MR) is 68.0 cm³/mol. The summed E-state index contributed by atoms with van der Waals surface area (Å²) in [5, 5.41) is 3.32. The van der Waals surface area contributed by atoms with Gasteiger partial charge < -0.3 is 15.0 Å². The van der Waals surface area contributed by atoms with Gasteiger partial charge in [-0.25, -0.2) is 0 Å². The number of fused-ring (bicyclic) bond motifs is 5. The van der Waals surface area contributed by atoms with E-state index in [-0.39, 0.29) is 0 Å². The maximum atomic E-state index is 5.98. The molecule has 3 heterocycles. The number of ether oxygens (including phenoxy) is 1. The number of nitrogens with zero attached hydrogens (tertiary/aromatic N) is 2. The molecular weight excluding hydrogens is 214 g/mol. The van der Waals surface area contributed by atoms with Gasteiger partial charge in [-0.05, 0) is 12.8 Å². The van der Waals surface area contributed by atoms with Gasteiger partial charge in [0.2, 0.25) is 0 Å². The summed E-state index contributed by atoms with van der Waals surface area (Å²) >= 11 is 0. The van der Waals surface area contributed by atoms with Crippen molar-refractivity contribution >= 4 is 5.96 Å². The number of nitrogens with one attached hydrogen (secondary N) is 1. The molecule has 94 valence electrons. The largest absolute Gasteiger partial charge is 0.374 e. The topological polar surface area (TPSA) is 36.9 Å². The standard InChI is InChI=1S/C13H21N3O/c1-3-6-15-13(14-2)16-7-9-10(8-16)12-5-4-11(9)17-12/h3,9-12H,1,4-8H2,2H3,(H,14,15). The summed E-state index contributed by atoms with van der Waals surface area (Å²) in [7, 11) is 1.85. The van der Waals surface area contributed by atoms with E-state index in [1.807, 2.05) is 13.1 Å². The molecule has 0 spiro atoms. The van der Waals surface area contributed by atoms with Gasteiger partial charge in [0.25, 0.3) is 0 Å². The highest BCUT2D eigenvalue weighted by Crippen LogP contribution is 2.47. The van der Waals surface area contributed by atoms with Gasteiger partial charge in [-0.1, -0.05) is 6.08 Å². The Morgan fingerprint density at radius 2 is 2.06 bits per heavy atom. The highest BCUT2D eigenvalue weighted by atomic mass is 16.5. The van der Waals surface area contributed by atoms with Crippen molar-refractivity contribution in [2.45, 2.75) is 25.0 Å². The van der Waals surface area contributed by atoms with Crippen LogP contribution in [0.4, 0.5) is 0 Å². The summed E-state index contributed by atoms with van der Waals surface area (Å²) in [5.41, 5.74) is 0. The van der Waals surface area contributed by atoms with Gasteiger partial charge in [0, 0.05) is 38.5 Å². The lowest BCUT2D eigenvalue weighted by atomic mass is 9.82. The molecule has 4 unspecified atom stereocenters. The zero-order valence-corrected chi connectivity index (χ0v) is 10.4. The van der Waals surface area contributed by atoms with E-state index in [9.17, 15) is 0 Å². The van der Waals surface area contributed by atoms with Crippen LogP contribution < -0.4 is 5.32 Å². The Kier molecular flexibility index (Phi) is 2.82. The molecule has 4 heteroatoms. The van der Waals surface area contributed by atoms with E-state index in [1.54, 1.807) is 0 Å². The van der Waals surface area contributed by atoms with Crippen molar-refractivity contribution in [2.75, 3.05) is 26.7 Å². The normalized spacial score (nSPS) is 39.6. The van der Waals surface area contributed by atoms with Gasteiger partial charge >= 0.3 is 0 Å². The molecule has 0 radical (unpaired) electrons. The van der Waals surface area contributed by atoms with Crippen molar-refractivity contribution in [1.29, 1.82) is 0 Å². The summed E-state index contributed by atoms with van der Waals surface area (Å²) in [5.74, 6) is 2.48. The fourth-order valence-corrected chi connectivity index (χ4v) is 3.63. The average molecular weight is 235 g/mol. The lowest BCUT2D eigenvalue weighted by Gasteiger charge is -2.22. The minimum atomic E-state index is 0.521. The smallest absolute Gasteiger partial charge is 0.193 e. The molecular formula is C13H21N3O. The van der Waals surface area contributed by atoms with Gasteiger partial charge in [0.05, 0.1) is 12.2 Å². The number of guanidine groups is 1. The lowest BCUT2D eigenvalue weighted by molar-refractivity contribution is 0.0767. The average Bonchev–Trinajstić information content (AvgIpc) is 3.01. The molecule has 4 nitrogen and oxygen atoms in total. The third kappa shape index (κ3) is 1.75. The minimum Gasteiger partial charge on any atom is -0.374 e. The van der Waals surface area contributed by atoms with Crippen LogP contribution >= 0.6 is 0 Å². The Labute approximate surface area is 103 Å². The Morgan fingerprint density at radius 3 is 2.59 bits per heavy atom. The monoisotopic (exact) mass is 235 g/mol. The third-order valence-corrected chi connectivity index (χ3v) is 4.37. The first kappa shape index (κ1) is 11.1. The number of rotatable bonds is 2. The van der Waals surface area contributed by atoms with E-state index >= 15 is 0 Å². The van der Waals surface area contributed by atoms with Crippen LogP contribution in [0.2, 0.25) is 0 Å². The predicted octanol–water partition coefficient (Wildman–Crippen LogP) is 0.857. The van der Waals surface area contributed by atoms with Gasteiger partial charge in [0.1, 0.15) is 0 Å². The van der Waals surface area contributed by atoms with Crippen LogP contribution in [0.15, 0.2) is 17.6 Å². The molecule has 3 aliphatic heterocycles. The van der Waals surface area contributed by atoms with Crippen molar-refractivity contribution in [3.63, 3.8) is 0 Å². The second-order valence-corrected chi connectivity index (χ2v) is 5.24. The van der Waals surface area contributed by atoms with Crippen LogP contribution in [0.1, 0.15) is 12.8 Å². The van der Waals surface area contributed by atoms with E-state index in [2.05, 4.69) is 21.8 Å². The molecule has 0 saturated carbocycles. The van der Waals surface area contributed by atoms with Crippen molar-refractivity contribution in [3.8, 4) is 0 Å². The highest BCUT2D eigenvalue weighted by molar-refractivity contribution is 5.80. The van der Waals surface area contributed by atoms with Crippen LogP contribution in [0.25, 0.3) is 0 Å². The van der Waals surface area contributed by atoms with Gasteiger partial charge in [-0.3, -0.25) is 4.99 Å². The molecule has 0 aromatic carbocycles. The minimum absolute atomic E-state index is 0.521. The molecule has 0 aliphatic carbocycles. The number of aliphatic imine (C=N–C) groups is 1. The fraction of sp³-hybridized carbons (Fsp3) is 0.769.